The van der Waals surface area contributed by atoms with E-state index in [2.05, 4.69) is 32.8 Å². The molecule has 5 heteroatoms. The Balaban J connectivity index is 1.74. The van der Waals surface area contributed by atoms with Crippen LogP contribution in [0.4, 0.5) is 0 Å². The molecule has 0 radical (unpaired) electrons. The highest BCUT2D eigenvalue weighted by molar-refractivity contribution is 5.86. The lowest BCUT2D eigenvalue weighted by atomic mass is 9.99. The molecule has 1 amide bonds. The maximum absolute atomic E-state index is 12.7. The number of aliphatic imine (C=N–C) groups is 1. The van der Waals surface area contributed by atoms with E-state index in [1.165, 1.54) is 6.42 Å². The number of carbonyl (C=O) groups excluding carboxylic acids is 1. The molecule has 138 valence electrons. The smallest absolute Gasteiger partial charge is 0.241 e. The Morgan fingerprint density at radius 1 is 1.36 bits per heavy atom. The standard InChI is InChI=1S/C20H32N4O/c1-4-5-6-7-10-13-23-14-16-24(17-15-23)20(2,3)19(25)22-18-11-8-9-12-21-18/h4-6,8-9,12,18H,1,7,10-11,13-17H2,2-3H3,(H,22,25)/b6-5-. The van der Waals surface area contributed by atoms with Crippen molar-refractivity contribution in [1.29, 1.82) is 0 Å². The molecule has 5 nitrogen and oxygen atoms in total. The first-order chi connectivity index (χ1) is 12.0. The molecule has 1 unspecified atom stereocenters. The molecule has 0 spiro atoms. The number of carbonyl (C=O) groups is 1. The van der Waals surface area contributed by atoms with Gasteiger partial charge in [-0.1, -0.05) is 30.9 Å². The van der Waals surface area contributed by atoms with E-state index in [1.54, 1.807) is 6.21 Å². The van der Waals surface area contributed by atoms with Gasteiger partial charge in [0.25, 0.3) is 0 Å². The lowest BCUT2D eigenvalue weighted by molar-refractivity contribution is -0.133. The fraction of sp³-hybridized carbons (Fsp3) is 0.600. The normalized spacial score (nSPS) is 22.4. The van der Waals surface area contributed by atoms with Crippen molar-refractivity contribution in [3.63, 3.8) is 0 Å². The van der Waals surface area contributed by atoms with E-state index in [-0.39, 0.29) is 12.1 Å². The van der Waals surface area contributed by atoms with Gasteiger partial charge in [-0.2, -0.15) is 0 Å². The predicted octanol–water partition coefficient (Wildman–Crippen LogP) is 2.38. The zero-order valence-corrected chi connectivity index (χ0v) is 15.7. The maximum Gasteiger partial charge on any atom is 0.241 e. The van der Waals surface area contributed by atoms with Gasteiger partial charge in [0.15, 0.2) is 0 Å². The second-order valence-electron chi connectivity index (χ2n) is 7.15. The summed E-state index contributed by atoms with van der Waals surface area (Å²) in [7, 11) is 0. The number of nitrogens with zero attached hydrogens (tertiary/aromatic N) is 3. The topological polar surface area (TPSA) is 47.9 Å². The van der Waals surface area contributed by atoms with Gasteiger partial charge in [0, 0.05) is 38.8 Å². The quantitative estimate of drug-likeness (QED) is 0.543. The lowest BCUT2D eigenvalue weighted by Crippen LogP contribution is -2.61. The zero-order chi connectivity index (χ0) is 18.1. The van der Waals surface area contributed by atoms with Gasteiger partial charge in [-0.15, -0.1) is 0 Å². The molecular formula is C20H32N4O. The van der Waals surface area contributed by atoms with Crippen LogP contribution >= 0.6 is 0 Å². The molecule has 2 rings (SSSR count). The third-order valence-corrected chi connectivity index (χ3v) is 4.98. The highest BCUT2D eigenvalue weighted by Gasteiger charge is 2.37. The summed E-state index contributed by atoms with van der Waals surface area (Å²) < 4.78 is 0. The number of allylic oxidation sites excluding steroid dienone is 4. The lowest BCUT2D eigenvalue weighted by Gasteiger charge is -2.43. The number of amides is 1. The highest BCUT2D eigenvalue weighted by Crippen LogP contribution is 2.18. The number of hydrogen-bond acceptors (Lipinski definition) is 4. The third-order valence-electron chi connectivity index (χ3n) is 4.98. The number of nitrogens with one attached hydrogen (secondary N) is 1. The first kappa shape index (κ1) is 19.6. The Hall–Kier alpha value is -1.72. The van der Waals surface area contributed by atoms with Crippen molar-refractivity contribution in [3.05, 3.63) is 37.0 Å². The van der Waals surface area contributed by atoms with Crippen LogP contribution in [-0.4, -0.2) is 66.4 Å². The number of hydrogen-bond donors (Lipinski definition) is 1. The average molecular weight is 345 g/mol. The van der Waals surface area contributed by atoms with Crippen molar-refractivity contribution in [2.24, 2.45) is 4.99 Å². The molecule has 0 aromatic carbocycles. The largest absolute Gasteiger partial charge is 0.332 e. The van der Waals surface area contributed by atoms with Crippen LogP contribution in [-0.2, 0) is 4.79 Å². The van der Waals surface area contributed by atoms with Crippen molar-refractivity contribution in [1.82, 2.24) is 15.1 Å². The van der Waals surface area contributed by atoms with Crippen LogP contribution in [0.5, 0.6) is 0 Å². The van der Waals surface area contributed by atoms with Gasteiger partial charge < -0.3 is 10.2 Å². The molecule has 0 bridgehead atoms. The first-order valence-electron chi connectivity index (χ1n) is 9.28. The van der Waals surface area contributed by atoms with Crippen molar-refractivity contribution >= 4 is 12.1 Å². The van der Waals surface area contributed by atoms with E-state index in [0.29, 0.717) is 0 Å². The Morgan fingerprint density at radius 3 is 2.76 bits per heavy atom. The minimum absolute atomic E-state index is 0.0629. The fourth-order valence-corrected chi connectivity index (χ4v) is 3.21. The second kappa shape index (κ2) is 9.68. The number of unbranched alkanes of at least 4 members (excludes halogenated alkanes) is 1. The Bertz CT molecular complexity index is 528. The van der Waals surface area contributed by atoms with Gasteiger partial charge in [0.1, 0.15) is 6.17 Å². The molecule has 1 atom stereocenters. The molecule has 2 heterocycles. The van der Waals surface area contributed by atoms with Gasteiger partial charge in [-0.3, -0.25) is 14.7 Å². The molecule has 0 saturated carbocycles. The molecule has 2 aliphatic heterocycles. The van der Waals surface area contributed by atoms with Gasteiger partial charge >= 0.3 is 0 Å². The van der Waals surface area contributed by atoms with Crippen molar-refractivity contribution in [3.8, 4) is 0 Å². The Labute approximate surface area is 152 Å². The monoisotopic (exact) mass is 344 g/mol. The van der Waals surface area contributed by atoms with Crippen LogP contribution in [0, 0.1) is 0 Å². The Kier molecular flexibility index (Phi) is 7.59. The minimum atomic E-state index is -0.504. The summed E-state index contributed by atoms with van der Waals surface area (Å²) in [6.45, 7) is 12.7. The van der Waals surface area contributed by atoms with Gasteiger partial charge in [-0.25, -0.2) is 0 Å². The van der Waals surface area contributed by atoms with Crippen LogP contribution in [0.25, 0.3) is 0 Å². The summed E-state index contributed by atoms with van der Waals surface area (Å²) in [6.07, 6.45) is 14.6. The molecule has 25 heavy (non-hydrogen) atoms. The summed E-state index contributed by atoms with van der Waals surface area (Å²) in [5.74, 6) is 0.0629. The van der Waals surface area contributed by atoms with Crippen LogP contribution in [0.1, 0.15) is 33.1 Å². The van der Waals surface area contributed by atoms with E-state index < -0.39 is 5.54 Å². The van der Waals surface area contributed by atoms with E-state index in [0.717, 1.165) is 45.6 Å². The third kappa shape index (κ3) is 5.94. The maximum atomic E-state index is 12.7. The highest BCUT2D eigenvalue weighted by atomic mass is 16.2. The van der Waals surface area contributed by atoms with Crippen molar-refractivity contribution in [2.45, 2.75) is 44.8 Å². The van der Waals surface area contributed by atoms with E-state index in [4.69, 9.17) is 0 Å². The van der Waals surface area contributed by atoms with E-state index >= 15 is 0 Å². The van der Waals surface area contributed by atoms with Crippen molar-refractivity contribution in [2.75, 3.05) is 32.7 Å². The van der Waals surface area contributed by atoms with E-state index in [9.17, 15) is 4.79 Å². The molecular weight excluding hydrogens is 312 g/mol. The fourth-order valence-electron chi connectivity index (χ4n) is 3.21. The first-order valence-corrected chi connectivity index (χ1v) is 9.28. The van der Waals surface area contributed by atoms with Crippen LogP contribution < -0.4 is 5.32 Å². The molecule has 1 fully saturated rings. The van der Waals surface area contributed by atoms with E-state index in [1.807, 2.05) is 38.2 Å². The summed E-state index contributed by atoms with van der Waals surface area (Å²) >= 11 is 0. The Morgan fingerprint density at radius 2 is 2.12 bits per heavy atom. The van der Waals surface area contributed by atoms with Gasteiger partial charge in [-0.05, 0) is 39.3 Å². The molecule has 0 aromatic rings. The summed E-state index contributed by atoms with van der Waals surface area (Å²) in [4.78, 5) is 21.8. The van der Waals surface area contributed by atoms with Gasteiger partial charge in [0.2, 0.25) is 5.91 Å². The SMILES string of the molecule is C=C/C=C\CCCN1CCN(C(C)(C)C(=O)NC2CC=CC=N2)CC1. The van der Waals surface area contributed by atoms with Crippen LogP contribution in [0.15, 0.2) is 42.0 Å². The van der Waals surface area contributed by atoms with Crippen LogP contribution in [0.2, 0.25) is 0 Å². The predicted molar refractivity (Wildman–Crippen MR) is 105 cm³/mol. The van der Waals surface area contributed by atoms with Crippen molar-refractivity contribution < 1.29 is 4.79 Å². The summed E-state index contributed by atoms with van der Waals surface area (Å²) in [5.41, 5.74) is -0.504. The number of dihydropyridines is 1. The average Bonchev–Trinajstić information content (AvgIpc) is 2.63. The molecule has 0 aliphatic carbocycles. The minimum Gasteiger partial charge on any atom is -0.332 e. The van der Waals surface area contributed by atoms with Crippen LogP contribution in [0.3, 0.4) is 0 Å². The summed E-state index contributed by atoms with van der Waals surface area (Å²) in [5, 5.41) is 3.06. The molecule has 1 N–H and O–H groups in total. The second-order valence-corrected chi connectivity index (χ2v) is 7.15. The number of rotatable bonds is 8. The zero-order valence-electron chi connectivity index (χ0n) is 15.7. The molecule has 1 saturated heterocycles. The molecule has 0 aromatic heterocycles. The van der Waals surface area contributed by atoms with Gasteiger partial charge in [0.05, 0.1) is 5.54 Å². The molecule has 2 aliphatic rings. The summed E-state index contributed by atoms with van der Waals surface area (Å²) in [6, 6.07) is 0. The number of piperazine rings is 1.